The predicted octanol–water partition coefficient (Wildman–Crippen LogP) is 5.55. The zero-order valence-electron chi connectivity index (χ0n) is 18.7. The molecule has 1 saturated heterocycles. The van der Waals surface area contributed by atoms with Gasteiger partial charge in [0.25, 0.3) is 5.88 Å². The van der Waals surface area contributed by atoms with Crippen LogP contribution in [0, 0.1) is 18.7 Å². The first kappa shape index (κ1) is 21.3. The molecule has 4 rings (SSSR count). The number of ether oxygens (including phenoxy) is 2. The van der Waals surface area contributed by atoms with Gasteiger partial charge in [-0.15, -0.1) is 0 Å². The van der Waals surface area contributed by atoms with Crippen LogP contribution in [0.4, 0.5) is 10.2 Å². The standard InChI is InChI=1S/C25H30FN3O2/c1-17-8-7-10-20-22(17)28-23(24(27-20)31-25(2,3)4)29-14-12-18(13-15-29)16-30-21-11-6-5-9-19(21)26/h5-11,18H,12-16H2,1-4H3. The number of halogens is 1. The van der Waals surface area contributed by atoms with Crippen molar-refractivity contribution in [2.24, 2.45) is 5.92 Å². The van der Waals surface area contributed by atoms with Gasteiger partial charge in [-0.1, -0.05) is 24.3 Å². The van der Waals surface area contributed by atoms with Gasteiger partial charge in [0.1, 0.15) is 5.60 Å². The number of fused-ring (bicyclic) bond motifs is 1. The maximum atomic E-state index is 13.8. The molecular formula is C25H30FN3O2. The van der Waals surface area contributed by atoms with Gasteiger partial charge in [0.05, 0.1) is 17.6 Å². The van der Waals surface area contributed by atoms with Crippen LogP contribution in [-0.4, -0.2) is 35.3 Å². The lowest BCUT2D eigenvalue weighted by Gasteiger charge is -2.34. The Kier molecular flexibility index (Phi) is 5.99. The Morgan fingerprint density at radius 3 is 2.48 bits per heavy atom. The lowest BCUT2D eigenvalue weighted by atomic mass is 9.98. The van der Waals surface area contributed by atoms with E-state index in [0.717, 1.165) is 48.3 Å². The maximum absolute atomic E-state index is 13.8. The molecule has 0 aliphatic carbocycles. The average molecular weight is 424 g/mol. The Balaban J connectivity index is 1.50. The van der Waals surface area contributed by atoms with E-state index >= 15 is 0 Å². The third-order valence-electron chi connectivity index (χ3n) is 5.48. The molecule has 1 aliphatic heterocycles. The summed E-state index contributed by atoms with van der Waals surface area (Å²) in [7, 11) is 0. The Labute approximate surface area is 183 Å². The number of benzene rings is 2. The molecule has 5 nitrogen and oxygen atoms in total. The molecular weight excluding hydrogens is 393 g/mol. The normalized spacial score (nSPS) is 15.3. The van der Waals surface area contributed by atoms with Crippen molar-refractivity contribution in [1.29, 1.82) is 0 Å². The van der Waals surface area contributed by atoms with Crippen LogP contribution in [0.25, 0.3) is 11.0 Å². The smallest absolute Gasteiger partial charge is 0.258 e. The molecule has 0 radical (unpaired) electrons. The van der Waals surface area contributed by atoms with Crippen LogP contribution in [0.5, 0.6) is 11.6 Å². The highest BCUT2D eigenvalue weighted by Crippen LogP contribution is 2.33. The van der Waals surface area contributed by atoms with E-state index in [-0.39, 0.29) is 11.4 Å². The molecule has 0 spiro atoms. The summed E-state index contributed by atoms with van der Waals surface area (Å²) >= 11 is 0. The number of anilines is 1. The number of nitrogens with zero attached hydrogens (tertiary/aromatic N) is 3. The molecule has 1 aromatic heterocycles. The molecule has 0 unspecified atom stereocenters. The molecule has 0 bridgehead atoms. The molecule has 164 valence electrons. The lowest BCUT2D eigenvalue weighted by molar-refractivity contribution is 0.124. The van der Waals surface area contributed by atoms with Crippen LogP contribution in [0.15, 0.2) is 42.5 Å². The van der Waals surface area contributed by atoms with E-state index in [0.29, 0.717) is 24.2 Å². The molecule has 2 heterocycles. The fourth-order valence-corrected chi connectivity index (χ4v) is 3.84. The number of hydrogen-bond acceptors (Lipinski definition) is 5. The van der Waals surface area contributed by atoms with Crippen LogP contribution >= 0.6 is 0 Å². The summed E-state index contributed by atoms with van der Waals surface area (Å²) in [6.45, 7) is 10.3. The summed E-state index contributed by atoms with van der Waals surface area (Å²) in [6, 6.07) is 12.6. The number of piperidine rings is 1. The van der Waals surface area contributed by atoms with Gasteiger partial charge < -0.3 is 14.4 Å². The van der Waals surface area contributed by atoms with Crippen LogP contribution in [0.2, 0.25) is 0 Å². The first-order valence-electron chi connectivity index (χ1n) is 10.9. The van der Waals surface area contributed by atoms with E-state index in [4.69, 9.17) is 19.4 Å². The van der Waals surface area contributed by atoms with E-state index in [1.54, 1.807) is 18.2 Å². The fourth-order valence-electron chi connectivity index (χ4n) is 3.84. The molecule has 0 amide bonds. The highest BCUT2D eigenvalue weighted by atomic mass is 19.1. The van der Waals surface area contributed by atoms with E-state index in [1.165, 1.54) is 6.07 Å². The molecule has 1 aliphatic rings. The van der Waals surface area contributed by atoms with Crippen molar-refractivity contribution in [3.05, 3.63) is 53.8 Å². The predicted molar refractivity (Wildman–Crippen MR) is 121 cm³/mol. The van der Waals surface area contributed by atoms with Crippen LogP contribution in [0.3, 0.4) is 0 Å². The Hall–Kier alpha value is -2.89. The number of aryl methyl sites for hydroxylation is 1. The minimum Gasteiger partial charge on any atom is -0.490 e. The minimum absolute atomic E-state index is 0.314. The van der Waals surface area contributed by atoms with Gasteiger partial charge >= 0.3 is 0 Å². The molecule has 1 fully saturated rings. The number of rotatable bonds is 5. The lowest BCUT2D eigenvalue weighted by Crippen LogP contribution is -2.37. The fraction of sp³-hybridized carbons (Fsp3) is 0.440. The largest absolute Gasteiger partial charge is 0.490 e. The first-order chi connectivity index (χ1) is 14.8. The van der Waals surface area contributed by atoms with Crippen LogP contribution in [-0.2, 0) is 0 Å². The van der Waals surface area contributed by atoms with E-state index in [9.17, 15) is 4.39 Å². The van der Waals surface area contributed by atoms with E-state index in [2.05, 4.69) is 17.9 Å². The van der Waals surface area contributed by atoms with Crippen molar-refractivity contribution < 1.29 is 13.9 Å². The van der Waals surface area contributed by atoms with Crippen molar-refractivity contribution >= 4 is 16.9 Å². The van der Waals surface area contributed by atoms with Gasteiger partial charge in [0, 0.05) is 13.1 Å². The van der Waals surface area contributed by atoms with Crippen LogP contribution in [0.1, 0.15) is 39.2 Å². The summed E-state index contributed by atoms with van der Waals surface area (Å²) in [6.07, 6.45) is 1.88. The van der Waals surface area contributed by atoms with E-state index in [1.807, 2.05) is 32.9 Å². The van der Waals surface area contributed by atoms with Crippen molar-refractivity contribution in [3.8, 4) is 11.6 Å². The number of para-hydroxylation sites is 2. The highest BCUT2D eigenvalue weighted by Gasteiger charge is 2.26. The van der Waals surface area contributed by atoms with Crippen molar-refractivity contribution in [3.63, 3.8) is 0 Å². The van der Waals surface area contributed by atoms with Gasteiger partial charge in [0.2, 0.25) is 0 Å². The average Bonchev–Trinajstić information content (AvgIpc) is 2.72. The third kappa shape index (κ3) is 5.06. The monoisotopic (exact) mass is 423 g/mol. The Bertz CT molecular complexity index is 1060. The van der Waals surface area contributed by atoms with Gasteiger partial charge in [-0.05, 0) is 70.2 Å². The third-order valence-corrected chi connectivity index (χ3v) is 5.48. The maximum Gasteiger partial charge on any atom is 0.258 e. The zero-order chi connectivity index (χ0) is 22.0. The summed E-state index contributed by atoms with van der Waals surface area (Å²) in [5.74, 6) is 1.75. The molecule has 0 N–H and O–H groups in total. The molecule has 3 aromatic rings. The SMILES string of the molecule is Cc1cccc2nc(OC(C)(C)C)c(N3CCC(COc4ccccc4F)CC3)nc12. The summed E-state index contributed by atoms with van der Waals surface area (Å²) in [5, 5.41) is 0. The topological polar surface area (TPSA) is 47.5 Å². The second-order valence-electron chi connectivity index (χ2n) is 9.18. The molecule has 0 atom stereocenters. The first-order valence-corrected chi connectivity index (χ1v) is 10.9. The summed E-state index contributed by atoms with van der Waals surface area (Å²) in [5.41, 5.74) is 2.48. The number of hydrogen-bond donors (Lipinski definition) is 0. The van der Waals surface area contributed by atoms with Crippen LogP contribution < -0.4 is 14.4 Å². The highest BCUT2D eigenvalue weighted by molar-refractivity contribution is 5.80. The second kappa shape index (κ2) is 8.69. The van der Waals surface area contributed by atoms with Crippen molar-refractivity contribution in [1.82, 2.24) is 9.97 Å². The van der Waals surface area contributed by atoms with Gasteiger partial charge in [-0.3, -0.25) is 0 Å². The quantitative estimate of drug-likeness (QED) is 0.538. The molecule has 0 saturated carbocycles. The van der Waals surface area contributed by atoms with Gasteiger partial charge in [0.15, 0.2) is 17.4 Å². The van der Waals surface area contributed by atoms with Gasteiger partial charge in [-0.2, -0.15) is 0 Å². The second-order valence-corrected chi connectivity index (χ2v) is 9.18. The molecule has 2 aromatic carbocycles. The Morgan fingerprint density at radius 1 is 1.03 bits per heavy atom. The number of aromatic nitrogens is 2. The summed E-state index contributed by atoms with van der Waals surface area (Å²) < 4.78 is 25.7. The molecule has 31 heavy (non-hydrogen) atoms. The minimum atomic E-state index is -0.368. The van der Waals surface area contributed by atoms with Crippen molar-refractivity contribution in [2.45, 2.75) is 46.1 Å². The zero-order valence-corrected chi connectivity index (χ0v) is 18.7. The summed E-state index contributed by atoms with van der Waals surface area (Å²) in [4.78, 5) is 12.0. The van der Waals surface area contributed by atoms with E-state index < -0.39 is 0 Å². The van der Waals surface area contributed by atoms with Crippen molar-refractivity contribution in [2.75, 3.05) is 24.6 Å². The van der Waals surface area contributed by atoms with Gasteiger partial charge in [-0.25, -0.2) is 14.4 Å². The molecule has 6 heteroatoms. The Morgan fingerprint density at radius 2 is 1.77 bits per heavy atom.